The van der Waals surface area contributed by atoms with Crippen LogP contribution in [0.15, 0.2) is 78.9 Å². The molecule has 224 valence electrons. The normalized spacial score (nSPS) is 14.5. The molecule has 1 N–H and O–H groups in total. The molecule has 1 fully saturated rings. The standard InChI is InChI=1S/C31H36ClFN4O4S/c1-35(2)42(40,41)37(28-15-9-8-14-27(28)33)22-30(38)36(21-24-16-18-25(32)19-17-24)29(20-23-10-4-3-5-11-23)31(39)34-26-12-6-7-13-26/h3-5,8-11,14-19,26,29H,6-7,12-13,20-22H2,1-2H3,(H,34,39). The van der Waals surface area contributed by atoms with Gasteiger partial charge in [0.25, 0.3) is 0 Å². The van der Waals surface area contributed by atoms with Crippen molar-refractivity contribution in [2.24, 2.45) is 0 Å². The maximum atomic E-state index is 14.9. The zero-order valence-corrected chi connectivity index (χ0v) is 25.3. The first-order valence-corrected chi connectivity index (χ1v) is 15.7. The fourth-order valence-corrected chi connectivity index (χ4v) is 6.25. The highest BCUT2D eigenvalue weighted by molar-refractivity contribution is 7.90. The van der Waals surface area contributed by atoms with Crippen molar-refractivity contribution in [1.82, 2.24) is 14.5 Å². The van der Waals surface area contributed by atoms with Crippen molar-refractivity contribution in [1.29, 1.82) is 0 Å². The second-order valence-electron chi connectivity index (χ2n) is 10.6. The summed E-state index contributed by atoms with van der Waals surface area (Å²) < 4.78 is 43.4. The summed E-state index contributed by atoms with van der Waals surface area (Å²) in [7, 11) is -1.66. The Balaban J connectivity index is 1.76. The van der Waals surface area contributed by atoms with Crippen molar-refractivity contribution < 1.29 is 22.4 Å². The van der Waals surface area contributed by atoms with Gasteiger partial charge in [-0.2, -0.15) is 12.7 Å². The molecule has 0 bridgehead atoms. The Labute approximate surface area is 252 Å². The number of rotatable bonds is 12. The highest BCUT2D eigenvalue weighted by Crippen LogP contribution is 2.25. The van der Waals surface area contributed by atoms with Crippen LogP contribution in [0.1, 0.15) is 36.8 Å². The SMILES string of the molecule is CN(C)S(=O)(=O)N(CC(=O)N(Cc1ccc(Cl)cc1)C(Cc1ccccc1)C(=O)NC1CCCC1)c1ccccc1F. The fourth-order valence-electron chi connectivity index (χ4n) is 5.06. The molecule has 4 rings (SSSR count). The average Bonchev–Trinajstić information content (AvgIpc) is 3.48. The number of halogens is 2. The maximum Gasteiger partial charge on any atom is 0.304 e. The van der Waals surface area contributed by atoms with E-state index in [0.29, 0.717) is 10.6 Å². The summed E-state index contributed by atoms with van der Waals surface area (Å²) >= 11 is 6.10. The van der Waals surface area contributed by atoms with E-state index in [1.54, 1.807) is 24.3 Å². The van der Waals surface area contributed by atoms with Gasteiger partial charge in [0.05, 0.1) is 5.69 Å². The number of hydrogen-bond donors (Lipinski definition) is 1. The van der Waals surface area contributed by atoms with Crippen LogP contribution in [0.4, 0.5) is 10.1 Å². The van der Waals surface area contributed by atoms with E-state index in [0.717, 1.165) is 45.9 Å². The van der Waals surface area contributed by atoms with Crippen molar-refractivity contribution in [2.75, 3.05) is 24.9 Å². The molecule has 1 saturated carbocycles. The average molecular weight is 615 g/mol. The summed E-state index contributed by atoms with van der Waals surface area (Å²) in [5.41, 5.74) is 1.28. The van der Waals surface area contributed by atoms with E-state index in [1.165, 1.54) is 37.2 Å². The van der Waals surface area contributed by atoms with Crippen LogP contribution in [0.3, 0.4) is 0 Å². The van der Waals surface area contributed by atoms with Crippen LogP contribution in [0.25, 0.3) is 0 Å². The number of benzene rings is 3. The van der Waals surface area contributed by atoms with E-state index in [1.807, 2.05) is 30.3 Å². The van der Waals surface area contributed by atoms with Crippen LogP contribution in [-0.2, 0) is 32.8 Å². The van der Waals surface area contributed by atoms with Crippen LogP contribution in [-0.4, -0.2) is 62.2 Å². The molecular weight excluding hydrogens is 579 g/mol. The Morgan fingerprint density at radius 1 is 0.929 bits per heavy atom. The van der Waals surface area contributed by atoms with Crippen LogP contribution in [0, 0.1) is 5.82 Å². The van der Waals surface area contributed by atoms with E-state index in [9.17, 15) is 22.4 Å². The number of carbonyl (C=O) groups excluding carboxylic acids is 2. The van der Waals surface area contributed by atoms with Gasteiger partial charge in [0.1, 0.15) is 18.4 Å². The molecule has 42 heavy (non-hydrogen) atoms. The monoisotopic (exact) mass is 614 g/mol. The number of nitrogens with zero attached hydrogens (tertiary/aromatic N) is 3. The number of hydrogen-bond acceptors (Lipinski definition) is 4. The summed E-state index contributed by atoms with van der Waals surface area (Å²) in [4.78, 5) is 29.5. The van der Waals surface area contributed by atoms with Gasteiger partial charge in [-0.25, -0.2) is 8.70 Å². The molecule has 1 aliphatic carbocycles. The Hall–Kier alpha value is -3.47. The molecule has 1 aliphatic rings. The van der Waals surface area contributed by atoms with Gasteiger partial charge in [0, 0.05) is 38.1 Å². The smallest absolute Gasteiger partial charge is 0.304 e. The largest absolute Gasteiger partial charge is 0.352 e. The third-order valence-corrected chi connectivity index (χ3v) is 9.44. The van der Waals surface area contributed by atoms with Crippen molar-refractivity contribution >= 4 is 39.3 Å². The van der Waals surface area contributed by atoms with Gasteiger partial charge in [-0.3, -0.25) is 9.59 Å². The number of anilines is 1. The van der Waals surface area contributed by atoms with Crippen LogP contribution < -0.4 is 9.62 Å². The molecule has 3 aromatic rings. The van der Waals surface area contributed by atoms with Gasteiger partial charge in [-0.05, 0) is 48.2 Å². The third-order valence-electron chi connectivity index (χ3n) is 7.38. The summed E-state index contributed by atoms with van der Waals surface area (Å²) in [5.74, 6) is -1.76. The highest BCUT2D eigenvalue weighted by atomic mass is 35.5. The molecule has 11 heteroatoms. The van der Waals surface area contributed by atoms with Crippen molar-refractivity contribution in [3.05, 3.63) is 101 Å². The fraction of sp³-hybridized carbons (Fsp3) is 0.355. The van der Waals surface area contributed by atoms with E-state index in [2.05, 4.69) is 5.32 Å². The Morgan fingerprint density at radius 2 is 1.55 bits per heavy atom. The molecule has 1 atom stereocenters. The Morgan fingerprint density at radius 3 is 2.17 bits per heavy atom. The predicted octanol–water partition coefficient (Wildman–Crippen LogP) is 4.79. The predicted molar refractivity (Wildman–Crippen MR) is 163 cm³/mol. The molecule has 0 heterocycles. The minimum atomic E-state index is -4.28. The van der Waals surface area contributed by atoms with E-state index in [-0.39, 0.29) is 30.6 Å². The summed E-state index contributed by atoms with van der Waals surface area (Å²) in [6.07, 6.45) is 3.95. The second-order valence-corrected chi connectivity index (χ2v) is 13.1. The molecular formula is C31H36ClFN4O4S. The van der Waals surface area contributed by atoms with Crippen LogP contribution in [0.2, 0.25) is 5.02 Å². The molecule has 1 unspecified atom stereocenters. The van der Waals surface area contributed by atoms with Gasteiger partial charge in [-0.1, -0.05) is 79.0 Å². The molecule has 0 saturated heterocycles. The van der Waals surface area contributed by atoms with E-state index < -0.39 is 34.5 Å². The molecule has 0 radical (unpaired) electrons. The minimum absolute atomic E-state index is 0.00675. The lowest BCUT2D eigenvalue weighted by Gasteiger charge is -2.35. The van der Waals surface area contributed by atoms with E-state index >= 15 is 0 Å². The first kappa shape index (κ1) is 31.5. The first-order valence-electron chi connectivity index (χ1n) is 13.9. The molecule has 3 aromatic carbocycles. The number of amides is 2. The Bertz CT molecular complexity index is 1470. The lowest BCUT2D eigenvalue weighted by atomic mass is 10.0. The topological polar surface area (TPSA) is 90.0 Å². The molecule has 8 nitrogen and oxygen atoms in total. The van der Waals surface area contributed by atoms with Gasteiger partial charge in [0.2, 0.25) is 11.8 Å². The molecule has 2 amide bonds. The van der Waals surface area contributed by atoms with E-state index in [4.69, 9.17) is 11.6 Å². The van der Waals surface area contributed by atoms with Gasteiger partial charge in [0.15, 0.2) is 0 Å². The number of nitrogens with one attached hydrogen (secondary N) is 1. The van der Waals surface area contributed by atoms with Gasteiger partial charge >= 0.3 is 10.2 Å². The Kier molecular flexibility index (Phi) is 10.6. The van der Waals surface area contributed by atoms with Gasteiger partial charge in [-0.15, -0.1) is 0 Å². The molecule has 0 aromatic heterocycles. The summed E-state index contributed by atoms with van der Waals surface area (Å²) in [6, 6.07) is 20.6. The van der Waals surface area contributed by atoms with Gasteiger partial charge < -0.3 is 10.2 Å². The molecule has 0 spiro atoms. The zero-order chi connectivity index (χ0) is 30.3. The van der Waals surface area contributed by atoms with Crippen LogP contribution >= 0.6 is 11.6 Å². The lowest BCUT2D eigenvalue weighted by molar-refractivity contribution is -0.140. The maximum absolute atomic E-state index is 14.9. The number of para-hydroxylation sites is 1. The van der Waals surface area contributed by atoms with Crippen LogP contribution in [0.5, 0.6) is 0 Å². The molecule has 0 aliphatic heterocycles. The lowest BCUT2D eigenvalue weighted by Crippen LogP contribution is -2.55. The number of carbonyl (C=O) groups is 2. The summed E-state index contributed by atoms with van der Waals surface area (Å²) in [6.45, 7) is -0.699. The summed E-state index contributed by atoms with van der Waals surface area (Å²) in [5, 5.41) is 3.63. The minimum Gasteiger partial charge on any atom is -0.352 e. The highest BCUT2D eigenvalue weighted by Gasteiger charge is 2.36. The second kappa shape index (κ2) is 14.1. The third kappa shape index (κ3) is 7.87. The van der Waals surface area contributed by atoms with Crippen molar-refractivity contribution in [3.63, 3.8) is 0 Å². The van der Waals surface area contributed by atoms with Crippen molar-refractivity contribution in [3.8, 4) is 0 Å². The first-order chi connectivity index (χ1) is 20.1. The zero-order valence-electron chi connectivity index (χ0n) is 23.7. The quantitative estimate of drug-likeness (QED) is 0.318. The van der Waals surface area contributed by atoms with Crippen molar-refractivity contribution in [2.45, 2.75) is 50.7 Å².